The van der Waals surface area contributed by atoms with Gasteiger partial charge in [0.05, 0.1) is 13.1 Å². The molecule has 55 heavy (non-hydrogen) atoms. The maximum absolute atomic E-state index is 2.66. The lowest BCUT2D eigenvalue weighted by Crippen LogP contribution is -2.37. The van der Waals surface area contributed by atoms with Crippen molar-refractivity contribution < 1.29 is 4.57 Å². The van der Waals surface area contributed by atoms with Crippen LogP contribution in [0.4, 0.5) is 0 Å². The van der Waals surface area contributed by atoms with Crippen molar-refractivity contribution in [3.05, 3.63) is 18.2 Å². The number of hydrogen-bond acceptors (Lipinski definition) is 0. The Balaban J connectivity index is 2.24. The Morgan fingerprint density at radius 3 is 0.873 bits per heavy atom. The second kappa shape index (κ2) is 44.3. The van der Waals surface area contributed by atoms with E-state index in [1.54, 1.807) is 5.82 Å². The molecule has 0 aliphatic rings. The molecule has 0 unspecified atom stereocenters. The lowest BCUT2D eigenvalue weighted by Gasteiger charge is -2.07. The Kier molecular flexibility index (Phi) is 42.1. The van der Waals surface area contributed by atoms with Crippen molar-refractivity contribution in [2.24, 2.45) is 0 Å². The van der Waals surface area contributed by atoms with Crippen LogP contribution in [0.25, 0.3) is 0 Å². The zero-order valence-electron chi connectivity index (χ0n) is 38.8. The van der Waals surface area contributed by atoms with E-state index in [0.29, 0.717) is 0 Å². The third kappa shape index (κ3) is 36.1. The average molecular weight is 770 g/mol. The fraction of sp³-hybridized carbons (Fsp3) is 0.943. The van der Waals surface area contributed by atoms with E-state index < -0.39 is 0 Å². The monoisotopic (exact) mass is 770 g/mol. The first kappa shape index (κ1) is 52.2. The summed E-state index contributed by atoms with van der Waals surface area (Å²) in [7, 11) is 0. The predicted molar refractivity (Wildman–Crippen MR) is 249 cm³/mol. The van der Waals surface area contributed by atoms with Gasteiger partial charge in [0.15, 0.2) is 0 Å². The molecule has 0 aromatic carbocycles. The molecule has 1 heterocycles. The topological polar surface area (TPSA) is 8.81 Å². The van der Waals surface area contributed by atoms with E-state index in [1.807, 2.05) is 0 Å². The Hall–Kier alpha value is -0.790. The summed E-state index contributed by atoms with van der Waals surface area (Å²) < 4.78 is 5.32. The van der Waals surface area contributed by atoms with Gasteiger partial charge in [0, 0.05) is 6.42 Å². The summed E-state index contributed by atoms with van der Waals surface area (Å²) in [5, 5.41) is 0. The van der Waals surface area contributed by atoms with E-state index in [1.165, 1.54) is 302 Å². The van der Waals surface area contributed by atoms with Crippen LogP contribution < -0.4 is 4.57 Å². The lowest BCUT2D eigenvalue weighted by molar-refractivity contribution is -0.704. The Labute approximate surface area is 349 Å². The molecule has 2 nitrogen and oxygen atoms in total. The largest absolute Gasteiger partial charge is 0.256 e. The van der Waals surface area contributed by atoms with Gasteiger partial charge in [-0.05, 0) is 32.1 Å². The van der Waals surface area contributed by atoms with Gasteiger partial charge in [-0.1, -0.05) is 271 Å². The summed E-state index contributed by atoms with van der Waals surface area (Å²) in [6.45, 7) is 9.42. The third-order valence-corrected chi connectivity index (χ3v) is 12.8. The number of imidazole rings is 1. The van der Waals surface area contributed by atoms with Gasteiger partial charge in [-0.25, -0.2) is 9.13 Å². The summed E-state index contributed by atoms with van der Waals surface area (Å²) in [6, 6.07) is 0. The molecule has 0 aliphatic carbocycles. The van der Waals surface area contributed by atoms with Crippen molar-refractivity contribution >= 4 is 0 Å². The molecule has 0 saturated carbocycles. The SMILES string of the molecule is CCCCCCCCCCCCCCCCCCC[n+]1ccn(CCCCCCCCCCCCCC)c1CCCCCCCCCCCCCCCCC. The van der Waals surface area contributed by atoms with Crippen LogP contribution in [0.1, 0.15) is 309 Å². The normalized spacial score (nSPS) is 11.7. The van der Waals surface area contributed by atoms with Crippen LogP contribution in [0, 0.1) is 0 Å². The Morgan fingerprint density at radius 2 is 0.564 bits per heavy atom. The fourth-order valence-electron chi connectivity index (χ4n) is 8.98. The molecule has 1 rings (SSSR count). The molecule has 0 radical (unpaired) electrons. The smallest absolute Gasteiger partial charge is 0.234 e. The minimum absolute atomic E-state index is 1.23. The first-order valence-corrected chi connectivity index (χ1v) is 26.4. The molecule has 0 bridgehead atoms. The molecule has 0 saturated heterocycles. The van der Waals surface area contributed by atoms with Gasteiger partial charge in [-0.3, -0.25) is 0 Å². The van der Waals surface area contributed by atoms with E-state index in [2.05, 4.69) is 42.3 Å². The number of hydrogen-bond donors (Lipinski definition) is 0. The van der Waals surface area contributed by atoms with Crippen LogP contribution in [-0.4, -0.2) is 4.57 Å². The van der Waals surface area contributed by atoms with E-state index in [0.717, 1.165) is 0 Å². The van der Waals surface area contributed by atoms with Gasteiger partial charge in [-0.2, -0.15) is 0 Å². The molecule has 2 heteroatoms. The molecule has 0 atom stereocenters. The molecular weight excluding hydrogens is 665 g/mol. The van der Waals surface area contributed by atoms with E-state index >= 15 is 0 Å². The van der Waals surface area contributed by atoms with Crippen LogP contribution in [-0.2, 0) is 19.5 Å². The van der Waals surface area contributed by atoms with Gasteiger partial charge in [0.25, 0.3) is 5.82 Å². The summed E-state index contributed by atoms with van der Waals surface area (Å²) in [5.41, 5.74) is 0. The number of aromatic nitrogens is 2. The van der Waals surface area contributed by atoms with Gasteiger partial charge in [0.2, 0.25) is 0 Å². The average Bonchev–Trinajstić information content (AvgIpc) is 3.58. The molecule has 1 aromatic heterocycles. The molecule has 1 aromatic rings. The molecule has 0 fully saturated rings. The highest BCUT2D eigenvalue weighted by molar-refractivity contribution is 4.84. The highest BCUT2D eigenvalue weighted by atomic mass is 15.1. The molecular formula is C53H105N2+. The highest BCUT2D eigenvalue weighted by Crippen LogP contribution is 2.17. The standard InChI is InChI=1S/C53H105N2/c1-4-7-10-13-16-19-22-25-27-28-30-32-35-38-41-44-47-50-55-52-51-54(49-46-43-40-37-34-24-21-18-15-12-9-6-3)53(55)48-45-42-39-36-33-31-29-26-23-20-17-14-11-8-5-2/h51-52H,4-50H2,1-3H3/q+1. The van der Waals surface area contributed by atoms with Gasteiger partial charge >= 0.3 is 0 Å². The predicted octanol–water partition coefficient (Wildman–Crippen LogP) is 18.5. The first-order chi connectivity index (χ1) is 27.3. The van der Waals surface area contributed by atoms with Gasteiger partial charge < -0.3 is 0 Å². The number of rotatable bonds is 47. The summed E-state index contributed by atoms with van der Waals surface area (Å²) in [4.78, 5) is 0. The number of nitrogens with zero attached hydrogens (tertiary/aromatic N) is 2. The molecule has 0 aliphatic heterocycles. The van der Waals surface area contributed by atoms with Crippen LogP contribution >= 0.6 is 0 Å². The van der Waals surface area contributed by atoms with Crippen LogP contribution in [0.3, 0.4) is 0 Å². The zero-order chi connectivity index (χ0) is 39.4. The number of unbranched alkanes of at least 4 members (excludes halogenated alkanes) is 41. The van der Waals surface area contributed by atoms with Crippen LogP contribution in [0.15, 0.2) is 12.4 Å². The Bertz CT molecular complexity index is 841. The molecule has 0 spiro atoms. The van der Waals surface area contributed by atoms with Crippen molar-refractivity contribution in [3.8, 4) is 0 Å². The van der Waals surface area contributed by atoms with Gasteiger partial charge in [-0.15, -0.1) is 0 Å². The van der Waals surface area contributed by atoms with Crippen molar-refractivity contribution in [2.45, 2.75) is 323 Å². The van der Waals surface area contributed by atoms with E-state index in [4.69, 9.17) is 0 Å². The summed E-state index contributed by atoms with van der Waals surface area (Å²) in [5.74, 6) is 1.63. The second-order valence-corrected chi connectivity index (χ2v) is 18.3. The summed E-state index contributed by atoms with van der Waals surface area (Å²) in [6.07, 6.45) is 69.8. The van der Waals surface area contributed by atoms with Crippen LogP contribution in [0.2, 0.25) is 0 Å². The fourth-order valence-corrected chi connectivity index (χ4v) is 8.98. The summed E-state index contributed by atoms with van der Waals surface area (Å²) >= 11 is 0. The first-order valence-electron chi connectivity index (χ1n) is 26.4. The molecule has 326 valence electrons. The highest BCUT2D eigenvalue weighted by Gasteiger charge is 2.16. The van der Waals surface area contributed by atoms with Crippen molar-refractivity contribution in [3.63, 3.8) is 0 Å². The Morgan fingerprint density at radius 1 is 0.309 bits per heavy atom. The van der Waals surface area contributed by atoms with Crippen molar-refractivity contribution in [1.29, 1.82) is 0 Å². The quantitative estimate of drug-likeness (QED) is 0.0461. The zero-order valence-corrected chi connectivity index (χ0v) is 38.8. The number of aryl methyl sites for hydroxylation is 2. The van der Waals surface area contributed by atoms with E-state index in [-0.39, 0.29) is 0 Å². The molecule has 0 N–H and O–H groups in total. The maximum Gasteiger partial charge on any atom is 0.256 e. The van der Waals surface area contributed by atoms with Crippen molar-refractivity contribution in [1.82, 2.24) is 4.57 Å². The minimum atomic E-state index is 1.23. The third-order valence-electron chi connectivity index (χ3n) is 12.8. The molecule has 0 amide bonds. The lowest BCUT2D eigenvalue weighted by atomic mass is 10.0. The van der Waals surface area contributed by atoms with Crippen LogP contribution in [0.5, 0.6) is 0 Å². The second-order valence-electron chi connectivity index (χ2n) is 18.3. The maximum atomic E-state index is 2.66. The van der Waals surface area contributed by atoms with Crippen molar-refractivity contribution in [2.75, 3.05) is 0 Å². The van der Waals surface area contributed by atoms with E-state index in [9.17, 15) is 0 Å². The minimum Gasteiger partial charge on any atom is -0.234 e. The van der Waals surface area contributed by atoms with Gasteiger partial charge in [0.1, 0.15) is 12.4 Å².